The van der Waals surface area contributed by atoms with Crippen LogP contribution in [0.4, 0.5) is 5.00 Å². The highest BCUT2D eigenvalue weighted by molar-refractivity contribution is 7.99. The molecule has 174 valence electrons. The molecule has 5 nitrogen and oxygen atoms in total. The molecule has 0 spiro atoms. The smallest absolute Gasteiger partial charge is 0.341 e. The van der Waals surface area contributed by atoms with Gasteiger partial charge in [0.1, 0.15) is 5.00 Å². The number of rotatable bonds is 7. The fourth-order valence-electron chi connectivity index (χ4n) is 3.91. The summed E-state index contributed by atoms with van der Waals surface area (Å²) in [6.45, 7) is 4.54. The summed E-state index contributed by atoms with van der Waals surface area (Å²) in [6, 6.07) is 17.9. The summed E-state index contributed by atoms with van der Waals surface area (Å²) in [5.74, 6) is 0.326. The summed E-state index contributed by atoms with van der Waals surface area (Å²) >= 11 is 3.17. The number of fused-ring (bicyclic) bond motifs is 1. The number of nitrogens with one attached hydrogen (secondary N) is 1. The predicted octanol–water partition coefficient (Wildman–Crippen LogP) is 5.88. The normalized spacial score (nSPS) is 13.0. The minimum Gasteiger partial charge on any atom is -0.465 e. The second kappa shape index (κ2) is 11.7. The van der Waals surface area contributed by atoms with Gasteiger partial charge in [0.15, 0.2) is 0 Å². The third kappa shape index (κ3) is 5.98. The van der Waals surface area contributed by atoms with Crippen LogP contribution in [0.25, 0.3) is 0 Å². The third-order valence-corrected chi connectivity index (χ3v) is 7.42. The van der Waals surface area contributed by atoms with Gasteiger partial charge >= 0.3 is 5.97 Å². The number of thioether (sulfide) groups is 1. The number of nitrogens with zero attached hydrogens (tertiary/aromatic N) is 1. The van der Waals surface area contributed by atoms with E-state index in [1.165, 1.54) is 24.0 Å². The molecule has 4 rings (SSSR count). The third-order valence-electron chi connectivity index (χ3n) is 5.41. The number of ether oxygens (including phenoxy) is 1. The van der Waals surface area contributed by atoms with E-state index in [4.69, 9.17) is 4.74 Å². The van der Waals surface area contributed by atoms with E-state index in [1.54, 1.807) is 17.8 Å². The molecular weight excluding hydrogens is 476 g/mol. The van der Waals surface area contributed by atoms with Gasteiger partial charge in [-0.25, -0.2) is 4.79 Å². The number of esters is 1. The van der Waals surface area contributed by atoms with Gasteiger partial charge in [0.2, 0.25) is 0 Å². The molecule has 8 heteroatoms. The van der Waals surface area contributed by atoms with Crippen molar-refractivity contribution >= 4 is 52.4 Å². The molecule has 0 radical (unpaired) electrons. The molecule has 0 saturated heterocycles. The van der Waals surface area contributed by atoms with Crippen molar-refractivity contribution in [2.24, 2.45) is 0 Å². The lowest BCUT2D eigenvalue weighted by molar-refractivity contribution is 0.0600. The number of halogens is 1. The Morgan fingerprint density at radius 3 is 2.67 bits per heavy atom. The highest BCUT2D eigenvalue weighted by Gasteiger charge is 2.29. The molecule has 2 heterocycles. The monoisotopic (exact) mass is 502 g/mol. The van der Waals surface area contributed by atoms with Crippen molar-refractivity contribution in [3.63, 3.8) is 0 Å². The molecule has 1 amide bonds. The quantitative estimate of drug-likeness (QED) is 0.323. The summed E-state index contributed by atoms with van der Waals surface area (Å²) in [5.41, 5.74) is 3.34. The lowest BCUT2D eigenvalue weighted by Gasteiger charge is -2.27. The van der Waals surface area contributed by atoms with Crippen molar-refractivity contribution in [2.75, 3.05) is 24.7 Å². The van der Waals surface area contributed by atoms with Crippen molar-refractivity contribution in [1.82, 2.24) is 4.90 Å². The molecule has 2 aromatic carbocycles. The van der Waals surface area contributed by atoms with E-state index < -0.39 is 5.97 Å². The molecule has 0 saturated carbocycles. The number of carbonyl (C=O) groups is 2. The van der Waals surface area contributed by atoms with Crippen molar-refractivity contribution in [3.05, 3.63) is 81.7 Å². The second-order valence-corrected chi connectivity index (χ2v) is 10.0. The highest BCUT2D eigenvalue weighted by Crippen LogP contribution is 2.38. The van der Waals surface area contributed by atoms with E-state index in [-0.39, 0.29) is 18.3 Å². The first-order valence-electron chi connectivity index (χ1n) is 10.6. The number of methoxy groups -OCH3 is 1. The fraction of sp³-hybridized carbons (Fsp3) is 0.280. The Morgan fingerprint density at radius 1 is 1.15 bits per heavy atom. The number of benzene rings is 2. The number of hydrogen-bond acceptors (Lipinski definition) is 6. The Balaban J connectivity index is 0.00000306. The molecule has 1 N–H and O–H groups in total. The first-order valence-corrected chi connectivity index (χ1v) is 12.4. The molecule has 0 atom stereocenters. The van der Waals surface area contributed by atoms with Crippen LogP contribution in [0.3, 0.4) is 0 Å². The van der Waals surface area contributed by atoms with Gasteiger partial charge in [-0.2, -0.15) is 0 Å². The lowest BCUT2D eigenvalue weighted by Crippen LogP contribution is -2.29. The van der Waals surface area contributed by atoms with Crippen LogP contribution in [-0.2, 0) is 24.2 Å². The maximum atomic E-state index is 13.0. The molecule has 0 bridgehead atoms. The Bertz CT molecular complexity index is 1120. The lowest BCUT2D eigenvalue weighted by atomic mass is 10.0. The van der Waals surface area contributed by atoms with Crippen LogP contribution < -0.4 is 5.32 Å². The van der Waals surface area contributed by atoms with Gasteiger partial charge in [-0.3, -0.25) is 9.69 Å². The van der Waals surface area contributed by atoms with E-state index in [9.17, 15) is 9.59 Å². The molecule has 1 aromatic heterocycles. The van der Waals surface area contributed by atoms with Crippen LogP contribution in [0.5, 0.6) is 0 Å². The first kappa shape index (κ1) is 25.3. The average molecular weight is 503 g/mol. The maximum absolute atomic E-state index is 13.0. The molecule has 3 aromatic rings. The molecule has 0 unspecified atom stereocenters. The minimum absolute atomic E-state index is 0. The minimum atomic E-state index is -0.399. The van der Waals surface area contributed by atoms with Crippen LogP contribution in [0.2, 0.25) is 0 Å². The highest BCUT2D eigenvalue weighted by atomic mass is 35.5. The summed E-state index contributed by atoms with van der Waals surface area (Å²) < 4.78 is 5.06. The van der Waals surface area contributed by atoms with E-state index in [0.29, 0.717) is 16.1 Å². The molecular formula is C25H27ClN2O3S2. The Hall–Kier alpha value is -2.32. The fourth-order valence-corrected chi connectivity index (χ4v) is 5.90. The Labute approximate surface area is 208 Å². The van der Waals surface area contributed by atoms with Gasteiger partial charge in [0, 0.05) is 35.0 Å². The van der Waals surface area contributed by atoms with Crippen LogP contribution >= 0.6 is 35.5 Å². The van der Waals surface area contributed by atoms with Gasteiger partial charge in [-0.15, -0.1) is 35.5 Å². The number of anilines is 1. The van der Waals surface area contributed by atoms with E-state index >= 15 is 0 Å². The number of hydrogen-bond donors (Lipinski definition) is 1. The molecule has 0 aliphatic carbocycles. The maximum Gasteiger partial charge on any atom is 0.341 e. The SMILES string of the molecule is CCSc1cccc(C(=O)Nc2sc3c(c2C(=O)OC)CCN(Cc2ccccc2)C3)c1.Cl. The predicted molar refractivity (Wildman–Crippen MR) is 138 cm³/mol. The Morgan fingerprint density at radius 2 is 1.94 bits per heavy atom. The zero-order valence-electron chi connectivity index (χ0n) is 18.6. The van der Waals surface area contributed by atoms with Crippen molar-refractivity contribution in [1.29, 1.82) is 0 Å². The summed E-state index contributed by atoms with van der Waals surface area (Å²) in [4.78, 5) is 30.1. The molecule has 1 aliphatic rings. The van der Waals surface area contributed by atoms with Gasteiger partial charge in [-0.1, -0.05) is 43.3 Å². The van der Waals surface area contributed by atoms with Crippen molar-refractivity contribution < 1.29 is 14.3 Å². The topological polar surface area (TPSA) is 58.6 Å². The van der Waals surface area contributed by atoms with Crippen LogP contribution in [0.15, 0.2) is 59.5 Å². The molecule has 0 fully saturated rings. The van der Waals surface area contributed by atoms with Crippen LogP contribution in [0, 0.1) is 0 Å². The van der Waals surface area contributed by atoms with E-state index in [2.05, 4.69) is 29.3 Å². The largest absolute Gasteiger partial charge is 0.465 e. The zero-order valence-corrected chi connectivity index (χ0v) is 21.1. The van der Waals surface area contributed by atoms with Crippen LogP contribution in [-0.4, -0.2) is 36.2 Å². The zero-order chi connectivity index (χ0) is 22.5. The molecule has 1 aliphatic heterocycles. The van der Waals surface area contributed by atoms with Crippen LogP contribution in [0.1, 0.15) is 43.6 Å². The summed E-state index contributed by atoms with van der Waals surface area (Å²) in [5, 5.41) is 3.56. The van der Waals surface area contributed by atoms with E-state index in [1.807, 2.05) is 36.4 Å². The summed E-state index contributed by atoms with van der Waals surface area (Å²) in [6.07, 6.45) is 0.752. The van der Waals surface area contributed by atoms with Gasteiger partial charge in [0.05, 0.1) is 12.7 Å². The number of thiophene rings is 1. The Kier molecular flexibility index (Phi) is 8.97. The average Bonchev–Trinajstić information content (AvgIpc) is 3.16. The standard InChI is InChI=1S/C25H26N2O3S2.ClH/c1-3-31-19-11-7-10-18(14-19)23(28)26-24-22(25(29)30-2)20-12-13-27(16-21(20)32-24)15-17-8-5-4-6-9-17;/h4-11,14H,3,12-13,15-16H2,1-2H3,(H,26,28);1H. The van der Waals surface area contributed by atoms with Crippen molar-refractivity contribution in [3.8, 4) is 0 Å². The first-order chi connectivity index (χ1) is 15.6. The number of amides is 1. The van der Waals surface area contributed by atoms with E-state index in [0.717, 1.165) is 47.1 Å². The van der Waals surface area contributed by atoms with Gasteiger partial charge < -0.3 is 10.1 Å². The second-order valence-electron chi connectivity index (χ2n) is 7.56. The number of carbonyl (C=O) groups excluding carboxylic acids is 2. The van der Waals surface area contributed by atoms with Crippen molar-refractivity contribution in [2.45, 2.75) is 31.3 Å². The summed E-state index contributed by atoms with van der Waals surface area (Å²) in [7, 11) is 1.38. The molecule has 33 heavy (non-hydrogen) atoms. The van der Waals surface area contributed by atoms with Gasteiger partial charge in [0.25, 0.3) is 5.91 Å². The van der Waals surface area contributed by atoms with Gasteiger partial charge in [-0.05, 0) is 41.5 Å².